The normalized spacial score (nSPS) is 18.7. The Bertz CT molecular complexity index is 840. The van der Waals surface area contributed by atoms with E-state index in [4.69, 9.17) is 0 Å². The molecule has 2 aliphatic rings. The van der Waals surface area contributed by atoms with Crippen LogP contribution >= 0.6 is 15.9 Å². The molecule has 0 aliphatic carbocycles. The molecule has 0 aromatic heterocycles. The summed E-state index contributed by atoms with van der Waals surface area (Å²) in [7, 11) is 0. The summed E-state index contributed by atoms with van der Waals surface area (Å²) in [5, 5.41) is 3.17. The molecule has 5 heteroatoms. The molecule has 2 heterocycles. The zero-order valence-electron chi connectivity index (χ0n) is 18.4. The highest BCUT2D eigenvalue weighted by molar-refractivity contribution is 9.10. The number of benzene rings is 2. The van der Waals surface area contributed by atoms with E-state index in [1.54, 1.807) is 0 Å². The number of likely N-dealkylation sites (tertiary alicyclic amines) is 2. The summed E-state index contributed by atoms with van der Waals surface area (Å²) in [6.07, 6.45) is 5.91. The van der Waals surface area contributed by atoms with Crippen LogP contribution in [-0.4, -0.2) is 41.9 Å². The molecule has 2 saturated heterocycles. The Labute approximate surface area is 195 Å². The van der Waals surface area contributed by atoms with E-state index in [9.17, 15) is 4.79 Å². The lowest BCUT2D eigenvalue weighted by Gasteiger charge is -2.31. The van der Waals surface area contributed by atoms with E-state index in [-0.39, 0.29) is 11.8 Å². The van der Waals surface area contributed by atoms with Crippen LogP contribution in [0.25, 0.3) is 0 Å². The molecule has 0 atom stereocenters. The van der Waals surface area contributed by atoms with Crippen molar-refractivity contribution in [1.29, 1.82) is 0 Å². The molecule has 0 radical (unpaired) electrons. The van der Waals surface area contributed by atoms with Gasteiger partial charge in [-0.05, 0) is 80.7 Å². The van der Waals surface area contributed by atoms with Gasteiger partial charge in [-0.1, -0.05) is 58.7 Å². The van der Waals surface area contributed by atoms with E-state index in [1.165, 1.54) is 49.0 Å². The van der Waals surface area contributed by atoms with E-state index in [0.717, 1.165) is 43.5 Å². The van der Waals surface area contributed by atoms with Crippen molar-refractivity contribution in [1.82, 2.24) is 15.1 Å². The quantitative estimate of drug-likeness (QED) is 0.603. The van der Waals surface area contributed by atoms with Crippen LogP contribution < -0.4 is 5.32 Å². The number of piperidine rings is 2. The van der Waals surface area contributed by atoms with Gasteiger partial charge in [-0.3, -0.25) is 14.6 Å². The average molecular weight is 484 g/mol. The van der Waals surface area contributed by atoms with Gasteiger partial charge in [-0.15, -0.1) is 0 Å². The highest BCUT2D eigenvalue weighted by atomic mass is 79.9. The first-order valence-electron chi connectivity index (χ1n) is 11.7. The fraction of sp³-hybridized carbons (Fsp3) is 0.500. The third-order valence-electron chi connectivity index (χ3n) is 6.60. The van der Waals surface area contributed by atoms with Gasteiger partial charge in [0.1, 0.15) is 0 Å². The molecular formula is C26H34BrN3O. The first-order chi connectivity index (χ1) is 15.2. The zero-order chi connectivity index (χ0) is 21.5. The van der Waals surface area contributed by atoms with Gasteiger partial charge in [0, 0.05) is 30.0 Å². The van der Waals surface area contributed by atoms with Crippen LogP contribution in [0.3, 0.4) is 0 Å². The lowest BCUT2D eigenvalue weighted by molar-refractivity contribution is -0.126. The van der Waals surface area contributed by atoms with Gasteiger partial charge in [0.15, 0.2) is 0 Å². The molecule has 4 nitrogen and oxygen atoms in total. The highest BCUT2D eigenvalue weighted by Crippen LogP contribution is 2.21. The lowest BCUT2D eigenvalue weighted by atomic mass is 9.95. The monoisotopic (exact) mass is 483 g/mol. The lowest BCUT2D eigenvalue weighted by Crippen LogP contribution is -2.40. The highest BCUT2D eigenvalue weighted by Gasteiger charge is 2.24. The number of amides is 1. The number of hydrogen-bond donors (Lipinski definition) is 1. The maximum Gasteiger partial charge on any atom is 0.223 e. The number of halogens is 1. The Morgan fingerprint density at radius 1 is 0.839 bits per heavy atom. The van der Waals surface area contributed by atoms with E-state index in [1.807, 2.05) is 0 Å². The van der Waals surface area contributed by atoms with E-state index in [2.05, 4.69) is 79.6 Å². The fourth-order valence-electron chi connectivity index (χ4n) is 4.72. The molecule has 31 heavy (non-hydrogen) atoms. The molecule has 0 bridgehead atoms. The van der Waals surface area contributed by atoms with Crippen molar-refractivity contribution < 1.29 is 4.79 Å². The Kier molecular flexibility index (Phi) is 8.17. The van der Waals surface area contributed by atoms with Crippen molar-refractivity contribution in [3.8, 4) is 0 Å². The molecule has 1 N–H and O–H groups in total. The summed E-state index contributed by atoms with van der Waals surface area (Å²) >= 11 is 3.54. The van der Waals surface area contributed by atoms with Crippen molar-refractivity contribution in [2.45, 2.75) is 51.7 Å². The maximum absolute atomic E-state index is 12.7. The van der Waals surface area contributed by atoms with Crippen molar-refractivity contribution in [3.63, 3.8) is 0 Å². The minimum atomic E-state index is 0.136. The van der Waals surface area contributed by atoms with Crippen LogP contribution in [0.4, 0.5) is 0 Å². The Balaban J connectivity index is 1.18. The Morgan fingerprint density at radius 3 is 2.19 bits per heavy atom. The molecule has 2 aromatic rings. The van der Waals surface area contributed by atoms with Crippen molar-refractivity contribution in [2.24, 2.45) is 5.92 Å². The van der Waals surface area contributed by atoms with Crippen LogP contribution in [0.15, 0.2) is 53.0 Å². The molecule has 0 spiro atoms. The van der Waals surface area contributed by atoms with Crippen molar-refractivity contribution in [3.05, 3.63) is 69.7 Å². The van der Waals surface area contributed by atoms with Crippen LogP contribution in [-0.2, 0) is 24.4 Å². The van der Waals surface area contributed by atoms with Crippen molar-refractivity contribution in [2.75, 3.05) is 26.2 Å². The Morgan fingerprint density at radius 2 is 1.48 bits per heavy atom. The molecule has 1 amide bonds. The summed E-state index contributed by atoms with van der Waals surface area (Å²) < 4.78 is 1.12. The van der Waals surface area contributed by atoms with Crippen molar-refractivity contribution >= 4 is 21.8 Å². The van der Waals surface area contributed by atoms with Crippen LogP contribution in [0, 0.1) is 5.92 Å². The first kappa shape index (κ1) is 22.5. The molecule has 4 rings (SSSR count). The molecule has 2 aliphatic heterocycles. The third-order valence-corrected chi connectivity index (χ3v) is 7.09. The second-order valence-corrected chi connectivity index (χ2v) is 9.97. The van der Waals surface area contributed by atoms with Gasteiger partial charge >= 0.3 is 0 Å². The van der Waals surface area contributed by atoms with Crippen LogP contribution in [0.2, 0.25) is 0 Å². The minimum Gasteiger partial charge on any atom is -0.352 e. The number of nitrogens with one attached hydrogen (secondary N) is 1. The molecule has 166 valence electrons. The summed E-state index contributed by atoms with van der Waals surface area (Å²) in [5.41, 5.74) is 3.87. The maximum atomic E-state index is 12.7. The molecule has 0 unspecified atom stereocenters. The fourth-order valence-corrected chi connectivity index (χ4v) is 5.17. The molecular weight excluding hydrogens is 450 g/mol. The second kappa shape index (κ2) is 11.3. The van der Waals surface area contributed by atoms with E-state index in [0.29, 0.717) is 6.54 Å². The minimum absolute atomic E-state index is 0.136. The van der Waals surface area contributed by atoms with Crippen LogP contribution in [0.5, 0.6) is 0 Å². The zero-order valence-corrected chi connectivity index (χ0v) is 19.9. The topological polar surface area (TPSA) is 35.6 Å². The van der Waals surface area contributed by atoms with Crippen LogP contribution in [0.1, 0.15) is 48.8 Å². The number of hydrogen-bond acceptors (Lipinski definition) is 3. The van der Waals surface area contributed by atoms with Gasteiger partial charge in [-0.25, -0.2) is 0 Å². The van der Waals surface area contributed by atoms with Gasteiger partial charge in [-0.2, -0.15) is 0 Å². The number of carbonyl (C=O) groups is 1. The molecule has 2 aromatic carbocycles. The summed E-state index contributed by atoms with van der Waals surface area (Å²) in [6, 6.07) is 17.3. The van der Waals surface area contributed by atoms with Gasteiger partial charge in [0.2, 0.25) is 5.91 Å². The van der Waals surface area contributed by atoms with Gasteiger partial charge in [0.25, 0.3) is 0 Å². The second-order valence-electron chi connectivity index (χ2n) is 9.05. The SMILES string of the molecule is O=C(NCc1ccc(CN2CCCCC2)cc1)C1CCN(Cc2cccc(Br)c2)CC1. The third kappa shape index (κ3) is 6.90. The number of carbonyl (C=O) groups excluding carboxylic acids is 1. The predicted molar refractivity (Wildman–Crippen MR) is 130 cm³/mol. The largest absolute Gasteiger partial charge is 0.352 e. The van der Waals surface area contributed by atoms with E-state index >= 15 is 0 Å². The molecule has 0 saturated carbocycles. The smallest absolute Gasteiger partial charge is 0.223 e. The summed E-state index contributed by atoms with van der Waals surface area (Å²) in [5.74, 6) is 0.344. The van der Waals surface area contributed by atoms with Gasteiger partial charge in [0.05, 0.1) is 0 Å². The number of rotatable bonds is 7. The Hall–Kier alpha value is -1.69. The van der Waals surface area contributed by atoms with Gasteiger partial charge < -0.3 is 5.32 Å². The van der Waals surface area contributed by atoms with E-state index < -0.39 is 0 Å². The summed E-state index contributed by atoms with van der Waals surface area (Å²) in [6.45, 7) is 7.04. The predicted octanol–water partition coefficient (Wildman–Crippen LogP) is 4.96. The average Bonchev–Trinajstić information content (AvgIpc) is 2.80. The number of nitrogens with zero attached hydrogens (tertiary/aromatic N) is 2. The standard InChI is InChI=1S/C26H34BrN3O/c27-25-6-4-5-23(17-25)20-30-15-11-24(12-16-30)26(31)28-18-21-7-9-22(10-8-21)19-29-13-2-1-3-14-29/h4-10,17,24H,1-3,11-16,18-20H2,(H,28,31). The first-order valence-corrected chi connectivity index (χ1v) is 12.5. The molecule has 2 fully saturated rings. The summed E-state index contributed by atoms with van der Waals surface area (Å²) in [4.78, 5) is 17.7.